The molecule has 32 heavy (non-hydrogen) atoms. The van der Waals surface area contributed by atoms with Gasteiger partial charge in [0.05, 0.1) is 0 Å². The highest BCUT2D eigenvalue weighted by Crippen LogP contribution is 2.67. The van der Waals surface area contributed by atoms with E-state index in [0.717, 1.165) is 60.7 Å². The molecule has 3 nitrogen and oxygen atoms in total. The van der Waals surface area contributed by atoms with Crippen molar-refractivity contribution in [3.63, 3.8) is 0 Å². The van der Waals surface area contributed by atoms with Gasteiger partial charge in [0, 0.05) is 6.42 Å². The van der Waals surface area contributed by atoms with Gasteiger partial charge in [-0.05, 0) is 97.2 Å². The third kappa shape index (κ3) is 4.16. The number of carbonyl (C=O) groups is 1. The van der Waals surface area contributed by atoms with Gasteiger partial charge in [-0.15, -0.1) is 0 Å². The van der Waals surface area contributed by atoms with Gasteiger partial charge in [0.1, 0.15) is 6.10 Å². The molecule has 3 heteroatoms. The molecule has 0 amide bonds. The second-order valence-electron chi connectivity index (χ2n) is 13.0. The van der Waals surface area contributed by atoms with Crippen LogP contribution in [0.4, 0.5) is 4.79 Å². The van der Waals surface area contributed by atoms with Crippen LogP contribution < -0.4 is 0 Å². The first-order valence-corrected chi connectivity index (χ1v) is 13.6. The normalized spacial score (nSPS) is 43.0. The molecule has 0 bridgehead atoms. The average Bonchev–Trinajstić information content (AvgIpc) is 3.08. The van der Waals surface area contributed by atoms with E-state index < -0.39 is 6.16 Å². The monoisotopic (exact) mass is 444 g/mol. The Morgan fingerprint density at radius 3 is 2.50 bits per heavy atom. The van der Waals surface area contributed by atoms with Crippen LogP contribution in [-0.2, 0) is 4.74 Å². The van der Waals surface area contributed by atoms with E-state index >= 15 is 0 Å². The summed E-state index contributed by atoms with van der Waals surface area (Å²) in [7, 11) is 0. The molecule has 1 N–H and O–H groups in total. The van der Waals surface area contributed by atoms with E-state index in [1.54, 1.807) is 0 Å². The van der Waals surface area contributed by atoms with Gasteiger partial charge in [-0.2, -0.15) is 0 Å². The molecule has 0 aromatic carbocycles. The molecule has 3 saturated carbocycles. The molecule has 4 rings (SSSR count). The van der Waals surface area contributed by atoms with Crippen molar-refractivity contribution in [2.75, 3.05) is 0 Å². The lowest BCUT2D eigenvalue weighted by atomic mass is 9.47. The Balaban J connectivity index is 1.46. The van der Waals surface area contributed by atoms with Crippen molar-refractivity contribution in [2.24, 2.45) is 52.3 Å². The number of rotatable bonds is 6. The summed E-state index contributed by atoms with van der Waals surface area (Å²) in [5, 5.41) is 9.07. The van der Waals surface area contributed by atoms with Crippen molar-refractivity contribution in [3.05, 3.63) is 11.6 Å². The molecule has 4 aliphatic carbocycles. The van der Waals surface area contributed by atoms with Gasteiger partial charge in [0.2, 0.25) is 0 Å². The number of ether oxygens (including phenoxy) is 1. The van der Waals surface area contributed by atoms with Crippen LogP contribution in [-0.4, -0.2) is 17.4 Å². The number of carboxylic acid groups (broad SMARTS) is 1. The Morgan fingerprint density at radius 2 is 1.81 bits per heavy atom. The van der Waals surface area contributed by atoms with Crippen LogP contribution in [0.15, 0.2) is 11.6 Å². The third-order valence-corrected chi connectivity index (χ3v) is 11.3. The number of hydrogen-bond acceptors (Lipinski definition) is 2. The number of hydrogen-bond donors (Lipinski definition) is 1. The van der Waals surface area contributed by atoms with Crippen LogP contribution in [0.25, 0.3) is 0 Å². The summed E-state index contributed by atoms with van der Waals surface area (Å²) in [6, 6.07) is 0. The topological polar surface area (TPSA) is 46.5 Å². The summed E-state index contributed by atoms with van der Waals surface area (Å²) in [6.45, 7) is 14.9. The summed E-state index contributed by atoms with van der Waals surface area (Å²) in [5.74, 6) is 5.85. The lowest BCUT2D eigenvalue weighted by Crippen LogP contribution is -2.51. The summed E-state index contributed by atoms with van der Waals surface area (Å²) >= 11 is 0. The molecule has 0 spiro atoms. The molecule has 0 aromatic heterocycles. The molecule has 0 unspecified atom stereocenters. The zero-order chi connectivity index (χ0) is 23.3. The second-order valence-corrected chi connectivity index (χ2v) is 13.0. The van der Waals surface area contributed by atoms with E-state index in [2.05, 4.69) is 47.6 Å². The second kappa shape index (κ2) is 8.99. The van der Waals surface area contributed by atoms with Crippen molar-refractivity contribution >= 4 is 6.16 Å². The highest BCUT2D eigenvalue weighted by Gasteiger charge is 2.59. The summed E-state index contributed by atoms with van der Waals surface area (Å²) in [6.07, 6.45) is 13.7. The van der Waals surface area contributed by atoms with Crippen molar-refractivity contribution in [1.29, 1.82) is 0 Å². The highest BCUT2D eigenvalue weighted by molar-refractivity contribution is 5.57. The predicted octanol–water partition coefficient (Wildman–Crippen LogP) is 8.34. The van der Waals surface area contributed by atoms with Crippen molar-refractivity contribution in [3.8, 4) is 0 Å². The molecule has 9 atom stereocenters. The molecule has 182 valence electrons. The van der Waals surface area contributed by atoms with Crippen LogP contribution in [0.2, 0.25) is 0 Å². The fourth-order valence-electron chi connectivity index (χ4n) is 8.91. The zero-order valence-electron chi connectivity index (χ0n) is 21.5. The summed E-state index contributed by atoms with van der Waals surface area (Å²) in [4.78, 5) is 11.1. The van der Waals surface area contributed by atoms with Gasteiger partial charge in [0.15, 0.2) is 0 Å². The first-order chi connectivity index (χ1) is 15.1. The molecule has 0 aliphatic heterocycles. The Kier molecular flexibility index (Phi) is 6.78. The minimum absolute atomic E-state index is 0.137. The Morgan fingerprint density at radius 1 is 1.06 bits per heavy atom. The van der Waals surface area contributed by atoms with Crippen LogP contribution in [0.1, 0.15) is 106 Å². The SMILES string of the molecule is CC(C)[C@H](C)CC[C@@H](C)[C@H]1CC[C@H]2[C@@H]3CC=C4C[C@@H](OC(=O)O)CC[C@]4(C)[C@H]3CC[C@]12C. The molecule has 0 radical (unpaired) electrons. The van der Waals surface area contributed by atoms with Crippen LogP contribution in [0, 0.1) is 52.3 Å². The minimum atomic E-state index is -1.12. The summed E-state index contributed by atoms with van der Waals surface area (Å²) in [5.41, 5.74) is 2.29. The Labute approximate surface area is 196 Å². The van der Waals surface area contributed by atoms with Gasteiger partial charge in [-0.25, -0.2) is 4.79 Å². The lowest BCUT2D eigenvalue weighted by Gasteiger charge is -2.58. The maximum atomic E-state index is 11.1. The van der Waals surface area contributed by atoms with E-state index in [-0.39, 0.29) is 11.5 Å². The van der Waals surface area contributed by atoms with E-state index in [9.17, 15) is 4.79 Å². The first kappa shape index (κ1) is 24.1. The van der Waals surface area contributed by atoms with Crippen LogP contribution >= 0.6 is 0 Å². The number of allylic oxidation sites excluding steroid dienone is 1. The minimum Gasteiger partial charge on any atom is -0.450 e. The molecule has 3 fully saturated rings. The quantitative estimate of drug-likeness (QED) is 0.331. The first-order valence-electron chi connectivity index (χ1n) is 13.6. The summed E-state index contributed by atoms with van der Waals surface area (Å²) < 4.78 is 5.18. The fourth-order valence-corrected chi connectivity index (χ4v) is 8.91. The lowest BCUT2D eigenvalue weighted by molar-refractivity contribution is -0.0603. The van der Waals surface area contributed by atoms with Crippen molar-refractivity contribution < 1.29 is 14.6 Å². The van der Waals surface area contributed by atoms with Gasteiger partial charge in [-0.3, -0.25) is 0 Å². The maximum absolute atomic E-state index is 11.1. The number of fused-ring (bicyclic) bond motifs is 5. The van der Waals surface area contributed by atoms with Gasteiger partial charge < -0.3 is 9.84 Å². The Bertz CT molecular complexity index is 726. The van der Waals surface area contributed by atoms with E-state index in [4.69, 9.17) is 9.84 Å². The Hall–Kier alpha value is -0.990. The van der Waals surface area contributed by atoms with Gasteiger partial charge >= 0.3 is 6.16 Å². The van der Waals surface area contributed by atoms with Crippen molar-refractivity contribution in [2.45, 2.75) is 112 Å². The molecular formula is C29H48O3. The molecule has 0 aromatic rings. The van der Waals surface area contributed by atoms with Gasteiger partial charge in [-0.1, -0.05) is 66.0 Å². The highest BCUT2D eigenvalue weighted by atomic mass is 16.7. The van der Waals surface area contributed by atoms with Crippen LogP contribution in [0.5, 0.6) is 0 Å². The van der Waals surface area contributed by atoms with E-state index in [0.29, 0.717) is 5.41 Å². The standard InChI is InChI=1S/C29H48O3/c1-18(2)19(3)7-8-20(4)24-11-12-25-23-10-9-21-17-22(32-27(30)31)13-15-28(21,5)26(23)14-16-29(24,25)6/h9,18-20,22-26H,7-8,10-17H2,1-6H3,(H,30,31)/t19-,20-,22+,23+,24-,25+,26+,28+,29-/m1/s1. The van der Waals surface area contributed by atoms with Gasteiger partial charge in [0.25, 0.3) is 0 Å². The largest absolute Gasteiger partial charge is 0.506 e. The van der Waals surface area contributed by atoms with Crippen LogP contribution in [0.3, 0.4) is 0 Å². The molecule has 0 saturated heterocycles. The average molecular weight is 445 g/mol. The van der Waals surface area contributed by atoms with E-state index in [1.807, 2.05) is 0 Å². The van der Waals surface area contributed by atoms with E-state index in [1.165, 1.54) is 50.5 Å². The maximum Gasteiger partial charge on any atom is 0.506 e. The van der Waals surface area contributed by atoms with Crippen molar-refractivity contribution in [1.82, 2.24) is 0 Å². The molecule has 4 aliphatic rings. The zero-order valence-corrected chi connectivity index (χ0v) is 21.5. The predicted molar refractivity (Wildman–Crippen MR) is 130 cm³/mol. The molecule has 0 heterocycles. The third-order valence-electron chi connectivity index (χ3n) is 11.3. The molecular weight excluding hydrogens is 396 g/mol. The fraction of sp³-hybridized carbons (Fsp3) is 0.897. The smallest absolute Gasteiger partial charge is 0.450 e.